The molecule has 1 amide bonds. The first-order valence-electron chi connectivity index (χ1n) is 11.0. The summed E-state index contributed by atoms with van der Waals surface area (Å²) in [5, 5.41) is 4.65. The van der Waals surface area contributed by atoms with Crippen molar-refractivity contribution in [2.24, 2.45) is 5.41 Å². The Morgan fingerprint density at radius 1 is 1.06 bits per heavy atom. The third kappa shape index (κ3) is 5.45. The van der Waals surface area contributed by atoms with Gasteiger partial charge in [-0.25, -0.2) is 4.39 Å². The summed E-state index contributed by atoms with van der Waals surface area (Å²) in [6, 6.07) is 20.8. The van der Waals surface area contributed by atoms with Gasteiger partial charge in [0.05, 0.1) is 0 Å². The summed E-state index contributed by atoms with van der Waals surface area (Å²) in [6.07, 6.45) is 0.614. The van der Waals surface area contributed by atoms with E-state index in [4.69, 9.17) is 11.6 Å². The Labute approximate surface area is 203 Å². The number of nitrogens with one attached hydrogen (secondary N) is 1. The monoisotopic (exact) mass is 479 g/mol. The zero-order chi connectivity index (χ0) is 23.8. The molecule has 5 heteroatoms. The summed E-state index contributed by atoms with van der Waals surface area (Å²) in [6.45, 7) is 8.37. The van der Waals surface area contributed by atoms with Crippen LogP contribution >= 0.6 is 22.9 Å². The lowest BCUT2D eigenvalue weighted by atomic mass is 9.88. The van der Waals surface area contributed by atoms with E-state index in [1.807, 2.05) is 37.3 Å². The SMILES string of the molecule is CC(NC(=O)c1cccc(-c2cccc3cc(Cc4cc(F)cc(Cl)c4)sc23)c1)C(C)(C)C. The third-order valence-corrected chi connectivity index (χ3v) is 7.38. The van der Waals surface area contributed by atoms with Gasteiger partial charge in [0.2, 0.25) is 0 Å². The van der Waals surface area contributed by atoms with Crippen molar-refractivity contribution >= 4 is 38.9 Å². The fourth-order valence-corrected chi connectivity index (χ4v) is 5.14. The average molecular weight is 480 g/mol. The second-order valence-corrected chi connectivity index (χ2v) is 11.1. The van der Waals surface area contributed by atoms with Crippen LogP contribution in [0.2, 0.25) is 5.02 Å². The number of rotatable bonds is 5. The van der Waals surface area contributed by atoms with Crippen molar-refractivity contribution < 1.29 is 9.18 Å². The predicted molar refractivity (Wildman–Crippen MR) is 138 cm³/mol. The molecule has 1 unspecified atom stereocenters. The van der Waals surface area contributed by atoms with Crippen LogP contribution in [0.15, 0.2) is 66.7 Å². The molecule has 1 atom stereocenters. The number of amides is 1. The molecule has 1 heterocycles. The third-order valence-electron chi connectivity index (χ3n) is 5.98. The molecule has 0 bridgehead atoms. The van der Waals surface area contributed by atoms with Crippen molar-refractivity contribution in [3.63, 3.8) is 0 Å². The van der Waals surface area contributed by atoms with Crippen LogP contribution in [0.4, 0.5) is 4.39 Å². The van der Waals surface area contributed by atoms with Gasteiger partial charge in [0.1, 0.15) is 5.82 Å². The fourth-order valence-electron chi connectivity index (χ4n) is 3.67. The highest BCUT2D eigenvalue weighted by molar-refractivity contribution is 7.19. The van der Waals surface area contributed by atoms with Crippen molar-refractivity contribution in [2.75, 3.05) is 0 Å². The van der Waals surface area contributed by atoms with Crippen molar-refractivity contribution in [2.45, 2.75) is 40.2 Å². The van der Waals surface area contributed by atoms with Crippen LogP contribution in [-0.4, -0.2) is 11.9 Å². The molecular formula is C28H27ClFNOS. The minimum atomic E-state index is -0.324. The van der Waals surface area contributed by atoms with Gasteiger partial charge in [0, 0.05) is 32.6 Å². The van der Waals surface area contributed by atoms with Gasteiger partial charge in [-0.2, -0.15) is 0 Å². The molecule has 0 saturated heterocycles. The number of halogens is 2. The van der Waals surface area contributed by atoms with Gasteiger partial charge in [0.25, 0.3) is 5.91 Å². The van der Waals surface area contributed by atoms with Crippen LogP contribution in [0, 0.1) is 11.2 Å². The lowest BCUT2D eigenvalue weighted by molar-refractivity contribution is 0.0910. The number of fused-ring (bicyclic) bond motifs is 1. The minimum Gasteiger partial charge on any atom is -0.349 e. The maximum atomic E-state index is 13.8. The molecule has 1 N–H and O–H groups in total. The molecule has 0 aliphatic rings. The van der Waals surface area contributed by atoms with Gasteiger partial charge >= 0.3 is 0 Å². The highest BCUT2D eigenvalue weighted by Crippen LogP contribution is 2.36. The van der Waals surface area contributed by atoms with Gasteiger partial charge in [-0.1, -0.05) is 62.7 Å². The summed E-state index contributed by atoms with van der Waals surface area (Å²) in [5.74, 6) is -0.392. The number of hydrogen-bond donors (Lipinski definition) is 1. The predicted octanol–water partition coefficient (Wildman–Crippen LogP) is 8.12. The van der Waals surface area contributed by atoms with Crippen LogP contribution in [0.5, 0.6) is 0 Å². The second-order valence-electron chi connectivity index (χ2n) is 9.53. The van der Waals surface area contributed by atoms with Gasteiger partial charge in [-0.05, 0) is 70.8 Å². The van der Waals surface area contributed by atoms with Crippen LogP contribution in [-0.2, 0) is 6.42 Å². The van der Waals surface area contributed by atoms with E-state index in [9.17, 15) is 9.18 Å². The number of thiophene rings is 1. The summed E-state index contributed by atoms with van der Waals surface area (Å²) in [4.78, 5) is 14.0. The first-order chi connectivity index (χ1) is 15.6. The van der Waals surface area contributed by atoms with Crippen molar-refractivity contribution in [1.82, 2.24) is 5.32 Å². The van der Waals surface area contributed by atoms with Crippen molar-refractivity contribution in [1.29, 1.82) is 0 Å². The van der Waals surface area contributed by atoms with E-state index in [-0.39, 0.29) is 23.2 Å². The van der Waals surface area contributed by atoms with Gasteiger partial charge in [-0.3, -0.25) is 4.79 Å². The van der Waals surface area contributed by atoms with Gasteiger partial charge < -0.3 is 5.32 Å². The molecule has 170 valence electrons. The molecule has 3 aromatic carbocycles. The van der Waals surface area contributed by atoms with Gasteiger partial charge in [0.15, 0.2) is 0 Å². The maximum Gasteiger partial charge on any atom is 0.251 e. The molecule has 4 aromatic rings. The Hall–Kier alpha value is -2.69. The highest BCUT2D eigenvalue weighted by atomic mass is 35.5. The molecule has 2 nitrogen and oxygen atoms in total. The van der Waals surface area contributed by atoms with E-state index in [0.717, 1.165) is 31.7 Å². The number of hydrogen-bond acceptors (Lipinski definition) is 2. The Balaban J connectivity index is 1.65. The second kappa shape index (κ2) is 9.28. The smallest absolute Gasteiger partial charge is 0.251 e. The topological polar surface area (TPSA) is 29.1 Å². The zero-order valence-electron chi connectivity index (χ0n) is 19.2. The van der Waals surface area contributed by atoms with E-state index >= 15 is 0 Å². The number of carbonyl (C=O) groups excluding carboxylic acids is 1. The average Bonchev–Trinajstić information content (AvgIpc) is 3.14. The first kappa shape index (κ1) is 23.5. The molecular weight excluding hydrogens is 453 g/mol. The lowest BCUT2D eigenvalue weighted by Crippen LogP contribution is -2.41. The summed E-state index contributed by atoms with van der Waals surface area (Å²) < 4.78 is 14.9. The zero-order valence-corrected chi connectivity index (χ0v) is 20.8. The Bertz CT molecular complexity index is 1300. The molecule has 0 fully saturated rings. The van der Waals surface area contributed by atoms with Gasteiger partial charge in [-0.15, -0.1) is 11.3 Å². The molecule has 4 rings (SSSR count). The Kier molecular flexibility index (Phi) is 6.60. The van der Waals surface area contributed by atoms with Crippen LogP contribution < -0.4 is 5.32 Å². The van der Waals surface area contributed by atoms with E-state index in [1.165, 1.54) is 12.1 Å². The van der Waals surface area contributed by atoms with Crippen molar-refractivity contribution in [3.05, 3.63) is 93.6 Å². The quantitative estimate of drug-likeness (QED) is 0.307. The Morgan fingerprint density at radius 3 is 2.55 bits per heavy atom. The number of carbonyl (C=O) groups is 1. The van der Waals surface area contributed by atoms with Crippen LogP contribution in [0.25, 0.3) is 21.2 Å². The summed E-state index contributed by atoms with van der Waals surface area (Å²) >= 11 is 7.72. The van der Waals surface area contributed by atoms with E-state index in [1.54, 1.807) is 17.4 Å². The van der Waals surface area contributed by atoms with E-state index in [2.05, 4.69) is 44.3 Å². The summed E-state index contributed by atoms with van der Waals surface area (Å²) in [7, 11) is 0. The number of benzene rings is 3. The van der Waals surface area contributed by atoms with E-state index in [0.29, 0.717) is 17.0 Å². The van der Waals surface area contributed by atoms with E-state index < -0.39 is 0 Å². The van der Waals surface area contributed by atoms with Crippen LogP contribution in [0.1, 0.15) is 48.5 Å². The molecule has 0 aliphatic carbocycles. The highest BCUT2D eigenvalue weighted by Gasteiger charge is 2.22. The maximum absolute atomic E-state index is 13.8. The molecule has 0 spiro atoms. The lowest BCUT2D eigenvalue weighted by Gasteiger charge is -2.28. The molecule has 1 aromatic heterocycles. The van der Waals surface area contributed by atoms with Crippen molar-refractivity contribution in [3.8, 4) is 11.1 Å². The summed E-state index contributed by atoms with van der Waals surface area (Å²) in [5.41, 5.74) is 3.56. The normalized spacial score (nSPS) is 12.7. The standard InChI is InChI=1S/C28H27ClFNOS/c1-17(28(2,3)4)31-27(32)21-9-5-7-19(14-21)25-10-6-8-20-15-24(33-26(20)25)13-18-11-22(29)16-23(30)12-18/h5-12,14-17H,13H2,1-4H3,(H,31,32). The minimum absolute atomic E-state index is 0.0157. The van der Waals surface area contributed by atoms with Crippen LogP contribution in [0.3, 0.4) is 0 Å². The molecule has 0 aliphatic heterocycles. The molecule has 0 saturated carbocycles. The largest absolute Gasteiger partial charge is 0.349 e. The molecule has 0 radical (unpaired) electrons. The Morgan fingerprint density at radius 2 is 1.82 bits per heavy atom. The molecule has 33 heavy (non-hydrogen) atoms. The fraction of sp³-hybridized carbons (Fsp3) is 0.250. The first-order valence-corrected chi connectivity index (χ1v) is 12.2.